The van der Waals surface area contributed by atoms with Crippen LogP contribution in [0.15, 0.2) is 103 Å². The molecule has 2 aromatic heterocycles. The summed E-state index contributed by atoms with van der Waals surface area (Å²) in [5.74, 6) is 0. The quantitative estimate of drug-likeness (QED) is 0.151. The highest BCUT2D eigenvalue weighted by Gasteiger charge is 2.63. The molecule has 4 heteroatoms. The van der Waals surface area contributed by atoms with Gasteiger partial charge in [0.2, 0.25) is 0 Å². The number of rotatable bonds is 1. The Bertz CT molecular complexity index is 3190. The highest BCUT2D eigenvalue weighted by Crippen LogP contribution is 2.63. The van der Waals surface area contributed by atoms with E-state index in [-0.39, 0.29) is 34.0 Å². The number of hydrogen-bond acceptors (Lipinski definition) is 1. The Morgan fingerprint density at radius 1 is 0.550 bits per heavy atom. The lowest BCUT2D eigenvalue weighted by Gasteiger charge is -2.54. The highest BCUT2D eigenvalue weighted by atomic mass is 15.2. The molecule has 12 rings (SSSR count). The van der Waals surface area contributed by atoms with Crippen molar-refractivity contribution in [1.29, 1.82) is 0 Å². The molecule has 5 heterocycles. The van der Waals surface area contributed by atoms with Crippen molar-refractivity contribution in [2.75, 3.05) is 4.81 Å². The number of nitrogens with zero attached hydrogens (tertiary/aromatic N) is 3. The topological polar surface area (TPSA) is 13.1 Å². The molecular weight excluding hydrogens is 725 g/mol. The van der Waals surface area contributed by atoms with E-state index in [9.17, 15) is 0 Å². The van der Waals surface area contributed by atoms with Gasteiger partial charge in [-0.2, -0.15) is 0 Å². The molecule has 0 N–H and O–H groups in total. The van der Waals surface area contributed by atoms with Crippen molar-refractivity contribution in [1.82, 2.24) is 9.13 Å². The molecule has 1 fully saturated rings. The van der Waals surface area contributed by atoms with Crippen LogP contribution in [0.2, 0.25) is 0 Å². The second kappa shape index (κ2) is 11.4. The first-order valence-electron chi connectivity index (χ1n) is 22.7. The maximum absolute atomic E-state index is 3.02. The molecule has 300 valence electrons. The van der Waals surface area contributed by atoms with Gasteiger partial charge < -0.3 is 13.9 Å². The lowest BCUT2D eigenvalue weighted by molar-refractivity contribution is 0.199. The minimum Gasteiger partial charge on any atom is -0.400 e. The van der Waals surface area contributed by atoms with Crippen LogP contribution in [-0.2, 0) is 21.7 Å². The van der Waals surface area contributed by atoms with Gasteiger partial charge in [-0.1, -0.05) is 143 Å². The molecule has 6 aromatic carbocycles. The lowest BCUT2D eigenvalue weighted by Crippen LogP contribution is -2.70. The van der Waals surface area contributed by atoms with E-state index in [1.54, 1.807) is 5.56 Å². The van der Waals surface area contributed by atoms with Crippen LogP contribution in [0.1, 0.15) is 124 Å². The standard InChI is InChI=1S/C56H58BN3/c1-52(2,3)33-23-24-45-41(27-33)47-50-40(37-21-15-16-22-44(37)58(50)36-19-13-12-14-20-36)32-43-51(47)59(45)46-31-35(54(7,8)9)28-38-39-29-34(53(4,5)6)30-42-49(39)60(57(43)48(38)46)56(11)26-18-17-25-55(42,56)10/h12-16,19-24,27-32H,17-18,25-26H2,1-11H3. The number of anilines is 1. The maximum Gasteiger partial charge on any atom is 0.328 e. The van der Waals surface area contributed by atoms with Crippen molar-refractivity contribution in [2.45, 2.75) is 129 Å². The van der Waals surface area contributed by atoms with E-state index in [0.717, 1.165) is 0 Å². The van der Waals surface area contributed by atoms with Crippen LogP contribution in [0.3, 0.4) is 0 Å². The fourth-order valence-corrected chi connectivity index (χ4v) is 12.6. The van der Waals surface area contributed by atoms with E-state index in [0.29, 0.717) is 0 Å². The van der Waals surface area contributed by atoms with E-state index >= 15 is 0 Å². The molecule has 0 radical (unpaired) electrons. The predicted octanol–water partition coefficient (Wildman–Crippen LogP) is 13.3. The Balaban J connectivity index is 1.34. The number of fused-ring (bicyclic) bond motifs is 14. The number of para-hydroxylation sites is 2. The van der Waals surface area contributed by atoms with Crippen LogP contribution in [0.25, 0.3) is 66.1 Å². The second-order valence-electron chi connectivity index (χ2n) is 22.6. The Morgan fingerprint density at radius 2 is 1.20 bits per heavy atom. The average molecular weight is 784 g/mol. The van der Waals surface area contributed by atoms with Gasteiger partial charge in [0, 0.05) is 55.1 Å². The number of benzene rings is 6. The highest BCUT2D eigenvalue weighted by molar-refractivity contribution is 6.93. The zero-order chi connectivity index (χ0) is 41.6. The summed E-state index contributed by atoms with van der Waals surface area (Å²) in [4.78, 5) is 3.02. The van der Waals surface area contributed by atoms with Crippen molar-refractivity contribution in [3.8, 4) is 22.5 Å². The maximum atomic E-state index is 3.02. The van der Waals surface area contributed by atoms with Gasteiger partial charge in [0.1, 0.15) is 0 Å². The molecule has 0 bridgehead atoms. The molecule has 3 nitrogen and oxygen atoms in total. The fraction of sp³-hybridized carbons (Fsp3) is 0.357. The van der Waals surface area contributed by atoms with Crippen molar-refractivity contribution in [3.63, 3.8) is 0 Å². The summed E-state index contributed by atoms with van der Waals surface area (Å²) in [5, 5.41) is 5.39. The van der Waals surface area contributed by atoms with Gasteiger partial charge in [-0.05, 0) is 117 Å². The molecule has 0 spiro atoms. The molecule has 2 unspecified atom stereocenters. The molecule has 0 amide bonds. The normalized spacial score (nSPS) is 20.7. The largest absolute Gasteiger partial charge is 0.400 e. The van der Waals surface area contributed by atoms with Crippen LogP contribution in [0, 0.1) is 0 Å². The van der Waals surface area contributed by atoms with Gasteiger partial charge >= 0.3 is 6.85 Å². The van der Waals surface area contributed by atoms with Gasteiger partial charge in [0.15, 0.2) is 0 Å². The fourth-order valence-electron chi connectivity index (χ4n) is 12.6. The zero-order valence-electron chi connectivity index (χ0n) is 37.6. The lowest BCUT2D eigenvalue weighted by atomic mass is 9.42. The molecule has 60 heavy (non-hydrogen) atoms. The number of aromatic nitrogens is 2. The Hall–Kier alpha value is -5.22. The van der Waals surface area contributed by atoms with Gasteiger partial charge in [-0.15, -0.1) is 0 Å². The van der Waals surface area contributed by atoms with Crippen LogP contribution in [0.5, 0.6) is 0 Å². The van der Waals surface area contributed by atoms with E-state index < -0.39 is 0 Å². The molecule has 1 saturated carbocycles. The Labute approximate surface area is 356 Å². The Kier molecular flexibility index (Phi) is 6.94. The van der Waals surface area contributed by atoms with Gasteiger partial charge in [0.05, 0.1) is 22.1 Å². The molecule has 3 aliphatic heterocycles. The van der Waals surface area contributed by atoms with Crippen LogP contribution in [-0.4, -0.2) is 21.5 Å². The van der Waals surface area contributed by atoms with E-state index in [1.165, 1.54) is 125 Å². The predicted molar refractivity (Wildman–Crippen MR) is 258 cm³/mol. The second-order valence-corrected chi connectivity index (χ2v) is 22.6. The summed E-state index contributed by atoms with van der Waals surface area (Å²) in [6.07, 6.45) is 4.96. The molecule has 2 atom stereocenters. The first-order valence-corrected chi connectivity index (χ1v) is 22.7. The van der Waals surface area contributed by atoms with Gasteiger partial charge in [-0.25, -0.2) is 0 Å². The zero-order valence-corrected chi connectivity index (χ0v) is 37.6. The smallest absolute Gasteiger partial charge is 0.328 e. The molecule has 4 aliphatic rings. The van der Waals surface area contributed by atoms with Crippen LogP contribution in [0.4, 0.5) is 5.69 Å². The monoisotopic (exact) mass is 783 g/mol. The molecule has 1 aliphatic carbocycles. The summed E-state index contributed by atoms with van der Waals surface area (Å²) in [6.45, 7) is 26.9. The van der Waals surface area contributed by atoms with Crippen molar-refractivity contribution in [2.24, 2.45) is 0 Å². The average Bonchev–Trinajstić information content (AvgIpc) is 3.79. The Morgan fingerprint density at radius 3 is 1.93 bits per heavy atom. The van der Waals surface area contributed by atoms with Gasteiger partial charge in [0.25, 0.3) is 0 Å². The van der Waals surface area contributed by atoms with Crippen LogP contribution >= 0.6 is 0 Å². The summed E-state index contributed by atoms with van der Waals surface area (Å²) in [7, 11) is 0. The third-order valence-electron chi connectivity index (χ3n) is 16.1. The molecular formula is C56H58BN3. The van der Waals surface area contributed by atoms with Crippen LogP contribution < -0.4 is 15.7 Å². The summed E-state index contributed by atoms with van der Waals surface area (Å²) in [6, 6.07) is 40.8. The van der Waals surface area contributed by atoms with Crippen molar-refractivity contribution >= 4 is 67.1 Å². The summed E-state index contributed by atoms with van der Waals surface area (Å²) >= 11 is 0. The first-order chi connectivity index (χ1) is 28.4. The first kappa shape index (κ1) is 36.6. The van der Waals surface area contributed by atoms with E-state index in [1.807, 2.05) is 0 Å². The van der Waals surface area contributed by atoms with Gasteiger partial charge in [-0.3, -0.25) is 0 Å². The minimum atomic E-state index is -0.0475. The SMILES string of the molecule is CC(C)(C)c1cc2c3c(c1)-n1c4ccc(C(C)(C)C)cc4c4c1c(cc1c5ccccc5n(-c5ccccc5)c14)B3N1c3c-2cc(C(C)(C)C)cc3C2(C)CCCCC12C. The van der Waals surface area contributed by atoms with Crippen molar-refractivity contribution < 1.29 is 0 Å². The van der Waals surface area contributed by atoms with E-state index in [2.05, 4.69) is 193 Å². The third kappa shape index (κ3) is 4.43. The molecule has 8 aromatic rings. The van der Waals surface area contributed by atoms with Crippen molar-refractivity contribution in [3.05, 3.63) is 125 Å². The molecule has 0 saturated heterocycles. The summed E-state index contributed by atoms with van der Waals surface area (Å²) in [5.41, 5.74) is 20.9. The third-order valence-corrected chi connectivity index (χ3v) is 16.1. The number of hydrogen-bond donors (Lipinski definition) is 0. The van der Waals surface area contributed by atoms with E-state index in [4.69, 9.17) is 0 Å². The summed E-state index contributed by atoms with van der Waals surface area (Å²) < 4.78 is 5.29. The minimum absolute atomic E-state index is 0.0000211.